The van der Waals surface area contributed by atoms with Gasteiger partial charge in [-0.05, 0) is 30.7 Å². The van der Waals surface area contributed by atoms with Gasteiger partial charge >= 0.3 is 0 Å². The molecule has 2 heterocycles. The number of aryl methyl sites for hydroxylation is 1. The minimum absolute atomic E-state index is 0.0278. The number of hydrogen-bond donors (Lipinski definition) is 3. The molecule has 0 spiro atoms. The molecule has 2 aromatic rings. The standard InChI is InChI=1S/C7H8O3S.C5H5N.C4H10N2/c1-6-4-2-3-5-7(6)11(8,9)10;1-2-4-6-5-3-1;1-2-6-4-3-5-1/h2-5H,1H3,(H,8,9,10);1-5H;5-6H,1-4H2. The third-order valence-corrected chi connectivity index (χ3v) is 3.91. The summed E-state index contributed by atoms with van der Waals surface area (Å²) in [6.45, 7) is 6.18. The number of hydrogen-bond acceptors (Lipinski definition) is 5. The van der Waals surface area contributed by atoms with Crippen LogP contribution >= 0.6 is 0 Å². The fraction of sp³-hybridized carbons (Fsp3) is 0.312. The Morgan fingerprint density at radius 3 is 1.70 bits per heavy atom. The predicted molar refractivity (Wildman–Crippen MR) is 91.0 cm³/mol. The maximum atomic E-state index is 10.6. The van der Waals surface area contributed by atoms with Crippen LogP contribution in [0.3, 0.4) is 0 Å². The number of pyridine rings is 1. The van der Waals surface area contributed by atoms with Crippen molar-refractivity contribution in [3.8, 4) is 0 Å². The second-order valence-corrected chi connectivity index (χ2v) is 6.16. The molecule has 0 aliphatic carbocycles. The maximum Gasteiger partial charge on any atom is 0.294 e. The maximum absolute atomic E-state index is 10.6. The lowest BCUT2D eigenvalue weighted by atomic mass is 10.2. The van der Waals surface area contributed by atoms with E-state index in [0.29, 0.717) is 5.56 Å². The summed E-state index contributed by atoms with van der Waals surface area (Å²) in [5.74, 6) is 0. The molecule has 0 unspecified atom stereocenters. The Morgan fingerprint density at radius 2 is 1.43 bits per heavy atom. The highest BCUT2D eigenvalue weighted by Gasteiger charge is 2.10. The van der Waals surface area contributed by atoms with Crippen LogP contribution in [0.1, 0.15) is 5.56 Å². The van der Waals surface area contributed by atoms with E-state index in [1.54, 1.807) is 37.5 Å². The summed E-state index contributed by atoms with van der Waals surface area (Å²) >= 11 is 0. The first kappa shape index (κ1) is 19.2. The number of aromatic nitrogens is 1. The number of piperazine rings is 1. The van der Waals surface area contributed by atoms with E-state index in [-0.39, 0.29) is 4.90 Å². The molecule has 1 saturated heterocycles. The van der Waals surface area contributed by atoms with E-state index in [2.05, 4.69) is 15.6 Å². The minimum atomic E-state index is -4.03. The summed E-state index contributed by atoms with van der Waals surface area (Å²) in [5, 5.41) is 6.44. The molecule has 3 N–H and O–H groups in total. The van der Waals surface area contributed by atoms with Crippen LogP contribution in [0.15, 0.2) is 59.8 Å². The van der Waals surface area contributed by atoms with Gasteiger partial charge in [0.05, 0.1) is 4.90 Å². The lowest BCUT2D eigenvalue weighted by molar-refractivity contribution is 0.482. The monoisotopic (exact) mass is 337 g/mol. The van der Waals surface area contributed by atoms with Gasteiger partial charge in [0.25, 0.3) is 10.1 Å². The Morgan fingerprint density at radius 1 is 0.913 bits per heavy atom. The topological polar surface area (TPSA) is 91.3 Å². The fourth-order valence-corrected chi connectivity index (χ4v) is 2.49. The van der Waals surface area contributed by atoms with Gasteiger partial charge in [0.2, 0.25) is 0 Å². The number of nitrogens with zero attached hydrogens (tertiary/aromatic N) is 1. The molecule has 7 heteroatoms. The van der Waals surface area contributed by atoms with Crippen LogP contribution in [0.2, 0.25) is 0 Å². The first-order valence-electron chi connectivity index (χ1n) is 7.31. The number of nitrogens with one attached hydrogen (secondary N) is 2. The molecule has 1 aliphatic heterocycles. The Bertz CT molecular complexity index is 606. The molecule has 126 valence electrons. The molecule has 0 saturated carbocycles. The third-order valence-electron chi connectivity index (χ3n) is 2.90. The van der Waals surface area contributed by atoms with Crippen molar-refractivity contribution >= 4 is 10.1 Å². The summed E-state index contributed by atoms with van der Waals surface area (Å²) in [6, 6.07) is 12.0. The normalized spacial score (nSPS) is 13.8. The third kappa shape index (κ3) is 9.04. The summed E-state index contributed by atoms with van der Waals surface area (Å²) in [4.78, 5) is 3.76. The van der Waals surface area contributed by atoms with Crippen molar-refractivity contribution in [1.29, 1.82) is 0 Å². The lowest BCUT2D eigenvalue weighted by Crippen LogP contribution is -2.39. The van der Waals surface area contributed by atoms with Gasteiger partial charge in [-0.15, -0.1) is 0 Å². The molecule has 1 fully saturated rings. The Labute approximate surface area is 137 Å². The van der Waals surface area contributed by atoms with E-state index in [1.807, 2.05) is 18.2 Å². The number of rotatable bonds is 1. The van der Waals surface area contributed by atoms with Crippen LogP contribution in [0.25, 0.3) is 0 Å². The van der Waals surface area contributed by atoms with Crippen molar-refractivity contribution in [2.75, 3.05) is 26.2 Å². The van der Waals surface area contributed by atoms with E-state index in [4.69, 9.17) is 4.55 Å². The van der Waals surface area contributed by atoms with Gasteiger partial charge < -0.3 is 10.6 Å². The number of benzene rings is 1. The molecule has 1 aliphatic rings. The molecule has 0 bridgehead atoms. The van der Waals surface area contributed by atoms with E-state index in [9.17, 15) is 8.42 Å². The van der Waals surface area contributed by atoms with Gasteiger partial charge in [-0.3, -0.25) is 9.54 Å². The first-order valence-corrected chi connectivity index (χ1v) is 8.75. The molecule has 3 rings (SSSR count). The second-order valence-electron chi connectivity index (χ2n) is 4.77. The van der Waals surface area contributed by atoms with Gasteiger partial charge in [-0.25, -0.2) is 0 Å². The molecule has 0 atom stereocenters. The molecular weight excluding hydrogens is 314 g/mol. The van der Waals surface area contributed by atoms with Crippen LogP contribution in [-0.4, -0.2) is 44.1 Å². The molecule has 1 aromatic carbocycles. The van der Waals surface area contributed by atoms with Crippen LogP contribution in [0.4, 0.5) is 0 Å². The van der Waals surface area contributed by atoms with Crippen molar-refractivity contribution in [2.45, 2.75) is 11.8 Å². The van der Waals surface area contributed by atoms with E-state index < -0.39 is 10.1 Å². The lowest BCUT2D eigenvalue weighted by Gasteiger charge is -2.11. The van der Waals surface area contributed by atoms with E-state index in [0.717, 1.165) is 26.2 Å². The largest absolute Gasteiger partial charge is 0.314 e. The Hall–Kier alpha value is -1.80. The highest BCUT2D eigenvalue weighted by atomic mass is 32.2. The van der Waals surface area contributed by atoms with Crippen LogP contribution in [-0.2, 0) is 10.1 Å². The summed E-state index contributed by atoms with van der Waals surface area (Å²) in [7, 11) is -4.03. The highest BCUT2D eigenvalue weighted by Crippen LogP contribution is 2.12. The zero-order chi connectivity index (χ0) is 17.0. The molecule has 1 aromatic heterocycles. The predicted octanol–water partition coefficient (Wildman–Crippen LogP) is 1.50. The van der Waals surface area contributed by atoms with Crippen molar-refractivity contribution in [1.82, 2.24) is 15.6 Å². The molecule has 6 nitrogen and oxygen atoms in total. The van der Waals surface area contributed by atoms with Crippen molar-refractivity contribution < 1.29 is 13.0 Å². The molecule has 0 radical (unpaired) electrons. The SMILES string of the molecule is C1CNCCN1.Cc1ccccc1S(=O)(=O)O.c1ccncc1. The van der Waals surface area contributed by atoms with Crippen molar-refractivity contribution in [3.63, 3.8) is 0 Å². The Kier molecular flexibility index (Phi) is 9.08. The van der Waals surface area contributed by atoms with Crippen molar-refractivity contribution in [2.24, 2.45) is 0 Å². The Balaban J connectivity index is 0.000000187. The van der Waals surface area contributed by atoms with Crippen LogP contribution < -0.4 is 10.6 Å². The zero-order valence-corrected chi connectivity index (χ0v) is 14.0. The zero-order valence-electron chi connectivity index (χ0n) is 13.1. The molecule has 0 amide bonds. The van der Waals surface area contributed by atoms with Gasteiger partial charge in [-0.2, -0.15) is 8.42 Å². The smallest absolute Gasteiger partial charge is 0.294 e. The average Bonchev–Trinajstić information content (AvgIpc) is 2.58. The van der Waals surface area contributed by atoms with Gasteiger partial charge in [-0.1, -0.05) is 24.3 Å². The fourth-order valence-electron chi connectivity index (χ4n) is 1.76. The van der Waals surface area contributed by atoms with Crippen molar-refractivity contribution in [3.05, 3.63) is 60.4 Å². The van der Waals surface area contributed by atoms with Gasteiger partial charge in [0.15, 0.2) is 0 Å². The quantitative estimate of drug-likeness (QED) is 0.683. The molecule has 23 heavy (non-hydrogen) atoms. The average molecular weight is 337 g/mol. The summed E-state index contributed by atoms with van der Waals surface area (Å²) < 4.78 is 29.9. The highest BCUT2D eigenvalue weighted by molar-refractivity contribution is 7.85. The molecular formula is C16H23N3O3S. The van der Waals surface area contributed by atoms with E-state index in [1.165, 1.54) is 6.07 Å². The summed E-state index contributed by atoms with van der Waals surface area (Å²) in [6.07, 6.45) is 3.50. The second kappa shape index (κ2) is 10.8. The van der Waals surface area contributed by atoms with Crippen LogP contribution in [0.5, 0.6) is 0 Å². The summed E-state index contributed by atoms with van der Waals surface area (Å²) in [5.41, 5.74) is 0.551. The van der Waals surface area contributed by atoms with Gasteiger partial charge in [0, 0.05) is 38.6 Å². The van der Waals surface area contributed by atoms with E-state index >= 15 is 0 Å². The van der Waals surface area contributed by atoms with Crippen LogP contribution in [0, 0.1) is 6.92 Å². The minimum Gasteiger partial charge on any atom is -0.314 e. The van der Waals surface area contributed by atoms with Gasteiger partial charge in [0.1, 0.15) is 0 Å². The first-order chi connectivity index (χ1) is 11.0.